The SMILES string of the molecule is CO[S-](=O)=Nc1ccc(OCC(O)CN2CCN(c3ccc(Cl)cc3)CC2)cc1. The van der Waals surface area contributed by atoms with Gasteiger partial charge in [-0.1, -0.05) is 22.5 Å². The minimum absolute atomic E-state index is 0.206. The van der Waals surface area contributed by atoms with Crippen LogP contribution in [0, 0.1) is 0 Å². The predicted octanol–water partition coefficient (Wildman–Crippen LogP) is 3.24. The highest BCUT2D eigenvalue weighted by atomic mass is 35.5. The largest absolute Gasteiger partial charge is 0.491 e. The van der Waals surface area contributed by atoms with Crippen molar-refractivity contribution < 1.29 is 18.2 Å². The van der Waals surface area contributed by atoms with Crippen molar-refractivity contribution in [2.24, 2.45) is 4.36 Å². The zero-order valence-electron chi connectivity index (χ0n) is 16.2. The molecular formula is C20H25ClN3O4S-. The van der Waals surface area contributed by atoms with Gasteiger partial charge >= 0.3 is 0 Å². The van der Waals surface area contributed by atoms with E-state index in [1.807, 2.05) is 24.3 Å². The Hall–Kier alpha value is -1.84. The van der Waals surface area contributed by atoms with Crippen molar-refractivity contribution in [3.05, 3.63) is 53.6 Å². The number of rotatable bonds is 8. The van der Waals surface area contributed by atoms with Crippen molar-refractivity contribution in [1.82, 2.24) is 4.90 Å². The van der Waals surface area contributed by atoms with Crippen LogP contribution in [0.5, 0.6) is 5.75 Å². The first-order chi connectivity index (χ1) is 14.0. The Balaban J connectivity index is 1.40. The van der Waals surface area contributed by atoms with Crippen LogP contribution in [-0.2, 0) is 19.3 Å². The molecule has 0 bridgehead atoms. The highest BCUT2D eigenvalue weighted by Gasteiger charge is 2.19. The number of aliphatic hydroxyl groups is 1. The minimum atomic E-state index is -1.69. The van der Waals surface area contributed by atoms with Gasteiger partial charge in [-0.3, -0.25) is 4.90 Å². The molecule has 158 valence electrons. The maximum absolute atomic E-state index is 11.2. The summed E-state index contributed by atoms with van der Waals surface area (Å²) in [5.41, 5.74) is 1.71. The molecule has 1 heterocycles. The molecule has 0 radical (unpaired) electrons. The van der Waals surface area contributed by atoms with Crippen molar-refractivity contribution in [3.8, 4) is 5.75 Å². The number of β-amino-alcohol motifs (C(OH)–C–C–N with tert-alkyl or cyclic N) is 1. The first-order valence-corrected chi connectivity index (χ1v) is 10.8. The molecule has 3 rings (SSSR count). The number of nitrogens with zero attached hydrogens (tertiary/aromatic N) is 3. The van der Waals surface area contributed by atoms with E-state index in [1.165, 1.54) is 12.8 Å². The van der Waals surface area contributed by atoms with Crippen LogP contribution in [0.2, 0.25) is 5.02 Å². The van der Waals surface area contributed by atoms with Gasteiger partial charge in [0, 0.05) is 56.2 Å². The third-order valence-corrected chi connectivity index (χ3v) is 5.53. The smallest absolute Gasteiger partial charge is 0.119 e. The third-order valence-electron chi connectivity index (χ3n) is 4.63. The molecule has 1 saturated heterocycles. The fourth-order valence-electron chi connectivity index (χ4n) is 3.11. The van der Waals surface area contributed by atoms with Crippen molar-refractivity contribution in [1.29, 1.82) is 0 Å². The number of ether oxygens (including phenoxy) is 1. The summed E-state index contributed by atoms with van der Waals surface area (Å²) in [7, 11) is -0.357. The number of piperazine rings is 1. The lowest BCUT2D eigenvalue weighted by molar-refractivity contribution is 0.0663. The van der Waals surface area contributed by atoms with Crippen LogP contribution in [-0.4, -0.2) is 62.6 Å². The molecule has 9 heteroatoms. The van der Waals surface area contributed by atoms with Gasteiger partial charge in [-0.25, -0.2) is 0 Å². The van der Waals surface area contributed by atoms with E-state index >= 15 is 0 Å². The molecule has 1 atom stereocenters. The number of aliphatic hydroxyl groups excluding tert-OH is 1. The molecule has 1 N–H and O–H groups in total. The molecule has 0 saturated carbocycles. The second-order valence-electron chi connectivity index (χ2n) is 6.70. The van der Waals surface area contributed by atoms with Gasteiger partial charge in [0.1, 0.15) is 18.5 Å². The van der Waals surface area contributed by atoms with Gasteiger partial charge in [-0.15, -0.1) is 0 Å². The molecule has 0 aromatic heterocycles. The van der Waals surface area contributed by atoms with Crippen LogP contribution in [0.25, 0.3) is 0 Å². The molecule has 0 aliphatic carbocycles. The van der Waals surface area contributed by atoms with Crippen molar-refractivity contribution in [3.63, 3.8) is 0 Å². The van der Waals surface area contributed by atoms with Crippen LogP contribution in [0.4, 0.5) is 11.4 Å². The second kappa shape index (κ2) is 10.8. The van der Waals surface area contributed by atoms with Crippen molar-refractivity contribution in [2.75, 3.05) is 51.3 Å². The zero-order valence-corrected chi connectivity index (χ0v) is 17.8. The van der Waals surface area contributed by atoms with E-state index in [0.717, 1.165) is 31.2 Å². The Morgan fingerprint density at radius 3 is 2.38 bits per heavy atom. The molecule has 2 aromatic carbocycles. The lowest BCUT2D eigenvalue weighted by atomic mass is 10.2. The molecule has 29 heavy (non-hydrogen) atoms. The van der Waals surface area contributed by atoms with E-state index in [4.69, 9.17) is 16.3 Å². The van der Waals surface area contributed by atoms with Crippen LogP contribution in [0.1, 0.15) is 0 Å². The minimum Gasteiger partial charge on any atom is -0.491 e. The molecule has 1 aliphatic heterocycles. The number of hydrogen-bond donors (Lipinski definition) is 1. The molecule has 1 fully saturated rings. The van der Waals surface area contributed by atoms with Crippen LogP contribution < -0.4 is 9.64 Å². The van der Waals surface area contributed by atoms with Crippen LogP contribution >= 0.6 is 11.6 Å². The fraction of sp³-hybridized carbons (Fsp3) is 0.400. The van der Waals surface area contributed by atoms with Crippen molar-refractivity contribution >= 4 is 33.9 Å². The molecule has 0 amide bonds. The molecule has 2 aromatic rings. The van der Waals surface area contributed by atoms with Crippen molar-refractivity contribution in [2.45, 2.75) is 6.10 Å². The first-order valence-electron chi connectivity index (χ1n) is 9.35. The third kappa shape index (κ3) is 6.87. The summed E-state index contributed by atoms with van der Waals surface area (Å²) < 4.78 is 25.3. The zero-order chi connectivity index (χ0) is 20.6. The number of benzene rings is 2. The Labute approximate surface area is 178 Å². The van der Waals surface area contributed by atoms with Gasteiger partial charge in [0.15, 0.2) is 0 Å². The van der Waals surface area contributed by atoms with Gasteiger partial charge in [0.05, 0.1) is 0 Å². The quantitative estimate of drug-likeness (QED) is 0.638. The van der Waals surface area contributed by atoms with E-state index in [0.29, 0.717) is 18.0 Å². The fourth-order valence-corrected chi connectivity index (χ4v) is 3.60. The van der Waals surface area contributed by atoms with Gasteiger partial charge in [0.2, 0.25) is 0 Å². The van der Waals surface area contributed by atoms with E-state index in [2.05, 4.69) is 18.3 Å². The summed E-state index contributed by atoms with van der Waals surface area (Å²) in [6, 6.07) is 14.7. The highest BCUT2D eigenvalue weighted by molar-refractivity contribution is 7.69. The van der Waals surface area contributed by atoms with Gasteiger partial charge in [0.25, 0.3) is 0 Å². The maximum atomic E-state index is 11.2. The van der Waals surface area contributed by atoms with E-state index in [1.54, 1.807) is 24.3 Å². The number of anilines is 1. The highest BCUT2D eigenvalue weighted by Crippen LogP contribution is 2.20. The summed E-state index contributed by atoms with van der Waals surface area (Å²) in [5, 5.41) is 11.1. The Morgan fingerprint density at radius 2 is 1.76 bits per heavy atom. The topological polar surface area (TPSA) is 74.6 Å². The van der Waals surface area contributed by atoms with Crippen LogP contribution in [0.15, 0.2) is 52.9 Å². The van der Waals surface area contributed by atoms with Crippen LogP contribution in [0.3, 0.4) is 0 Å². The lowest BCUT2D eigenvalue weighted by Gasteiger charge is -2.36. The summed E-state index contributed by atoms with van der Waals surface area (Å²) in [6.45, 7) is 4.34. The van der Waals surface area contributed by atoms with Gasteiger partial charge in [-0.05, 0) is 48.5 Å². The summed E-state index contributed by atoms with van der Waals surface area (Å²) in [4.78, 5) is 4.56. The Morgan fingerprint density at radius 1 is 1.10 bits per heavy atom. The molecule has 0 spiro atoms. The molecule has 1 aliphatic rings. The Kier molecular flexibility index (Phi) is 8.14. The lowest BCUT2D eigenvalue weighted by Crippen LogP contribution is -2.49. The predicted molar refractivity (Wildman–Crippen MR) is 115 cm³/mol. The molecular weight excluding hydrogens is 414 g/mol. The average Bonchev–Trinajstić information content (AvgIpc) is 2.74. The number of halogens is 1. The molecule has 7 nitrogen and oxygen atoms in total. The summed E-state index contributed by atoms with van der Waals surface area (Å²) >= 11 is 5.95. The summed E-state index contributed by atoms with van der Waals surface area (Å²) in [5.74, 6) is 0.624. The summed E-state index contributed by atoms with van der Waals surface area (Å²) in [6.07, 6.45) is -0.581. The van der Waals surface area contributed by atoms with Gasteiger partial charge in [-0.2, -0.15) is 0 Å². The van der Waals surface area contributed by atoms with Gasteiger partial charge < -0.3 is 27.5 Å². The first kappa shape index (κ1) is 21.9. The van der Waals surface area contributed by atoms with E-state index < -0.39 is 17.0 Å². The normalized spacial score (nSPS) is 17.3. The molecule has 1 unspecified atom stereocenters. The second-order valence-corrected chi connectivity index (χ2v) is 8.08. The van der Waals surface area contributed by atoms with E-state index in [9.17, 15) is 9.32 Å². The maximum Gasteiger partial charge on any atom is 0.119 e. The standard InChI is InChI=1S/C20H25ClN3O4S/c1-27-29(26)22-17-4-8-20(9-5-17)28-15-19(25)14-23-10-12-24(13-11-23)18-6-2-16(21)3-7-18/h2-9,19,25H,10-15H2,1H3/q-1. The Bertz CT molecular complexity index is 849. The number of hydrogen-bond acceptors (Lipinski definition) is 8. The monoisotopic (exact) mass is 438 g/mol. The van der Waals surface area contributed by atoms with E-state index in [-0.39, 0.29) is 6.61 Å². The average molecular weight is 439 g/mol.